The van der Waals surface area contributed by atoms with E-state index in [0.29, 0.717) is 46.5 Å². The number of piperazine rings is 1. The Kier molecular flexibility index (Phi) is 7.84. The highest BCUT2D eigenvalue weighted by Crippen LogP contribution is 2.28. The maximum Gasteiger partial charge on any atom is 0.257 e. The van der Waals surface area contributed by atoms with Crippen LogP contribution in [0.25, 0.3) is 0 Å². The number of ketones is 1. The quantitative estimate of drug-likeness (QED) is 0.465. The molecule has 2 amide bonds. The third-order valence-electron chi connectivity index (χ3n) is 6.02. The SMILES string of the molecule is COc1ccc(C(=O)Nc2nc(CC(=O)N3CCN(c4ccc(C(C)=O)cc4)CC3)cs2)cc1OC. The van der Waals surface area contributed by atoms with Crippen LogP contribution in [0.2, 0.25) is 0 Å². The van der Waals surface area contributed by atoms with Crippen LogP contribution in [0.3, 0.4) is 0 Å². The number of carbonyl (C=O) groups excluding carboxylic acids is 3. The Morgan fingerprint density at radius 3 is 2.25 bits per heavy atom. The molecule has 188 valence electrons. The van der Waals surface area contributed by atoms with Crippen LogP contribution in [0.15, 0.2) is 47.8 Å². The van der Waals surface area contributed by atoms with Gasteiger partial charge in [0.2, 0.25) is 5.91 Å². The molecule has 0 aliphatic carbocycles. The van der Waals surface area contributed by atoms with Gasteiger partial charge in [0.1, 0.15) is 0 Å². The van der Waals surface area contributed by atoms with Gasteiger partial charge in [-0.3, -0.25) is 19.7 Å². The molecule has 0 atom stereocenters. The Morgan fingerprint density at radius 1 is 0.944 bits per heavy atom. The highest BCUT2D eigenvalue weighted by atomic mass is 32.1. The number of ether oxygens (including phenoxy) is 2. The van der Waals surface area contributed by atoms with Gasteiger partial charge in [-0.25, -0.2) is 4.98 Å². The van der Waals surface area contributed by atoms with Gasteiger partial charge < -0.3 is 19.3 Å². The van der Waals surface area contributed by atoms with Crippen molar-refractivity contribution in [3.8, 4) is 11.5 Å². The first kappa shape index (κ1) is 25.2. The fourth-order valence-electron chi connectivity index (χ4n) is 3.98. The molecular formula is C26H28N4O5S. The first-order valence-corrected chi connectivity index (χ1v) is 12.4. The zero-order valence-electron chi connectivity index (χ0n) is 20.4. The van der Waals surface area contributed by atoms with Gasteiger partial charge in [0.15, 0.2) is 22.4 Å². The average molecular weight is 509 g/mol. The second kappa shape index (κ2) is 11.2. The molecule has 1 aromatic heterocycles. The minimum absolute atomic E-state index is 0.00430. The Hall–Kier alpha value is -3.92. The number of aromatic nitrogens is 1. The van der Waals surface area contributed by atoms with Crippen LogP contribution in [0, 0.1) is 0 Å². The topological polar surface area (TPSA) is 101 Å². The van der Waals surface area contributed by atoms with Crippen molar-refractivity contribution in [2.75, 3.05) is 50.6 Å². The van der Waals surface area contributed by atoms with Crippen molar-refractivity contribution in [1.82, 2.24) is 9.88 Å². The molecule has 1 saturated heterocycles. The van der Waals surface area contributed by atoms with Crippen molar-refractivity contribution in [3.05, 3.63) is 64.7 Å². The van der Waals surface area contributed by atoms with Crippen molar-refractivity contribution in [3.63, 3.8) is 0 Å². The number of rotatable bonds is 8. The summed E-state index contributed by atoms with van der Waals surface area (Å²) in [5.74, 6) is 0.725. The number of nitrogens with one attached hydrogen (secondary N) is 1. The lowest BCUT2D eigenvalue weighted by molar-refractivity contribution is -0.130. The predicted octanol–water partition coefficient (Wildman–Crippen LogP) is 3.51. The lowest BCUT2D eigenvalue weighted by atomic mass is 10.1. The van der Waals surface area contributed by atoms with Gasteiger partial charge in [-0.05, 0) is 49.4 Å². The van der Waals surface area contributed by atoms with E-state index in [-0.39, 0.29) is 24.0 Å². The van der Waals surface area contributed by atoms with E-state index in [9.17, 15) is 14.4 Å². The molecule has 0 saturated carbocycles. The van der Waals surface area contributed by atoms with Crippen molar-refractivity contribution in [1.29, 1.82) is 0 Å². The minimum atomic E-state index is -0.323. The summed E-state index contributed by atoms with van der Waals surface area (Å²) in [6.45, 7) is 4.21. The molecule has 2 aromatic carbocycles. The molecule has 0 bridgehead atoms. The molecule has 36 heavy (non-hydrogen) atoms. The minimum Gasteiger partial charge on any atom is -0.493 e. The molecule has 0 unspecified atom stereocenters. The summed E-state index contributed by atoms with van der Waals surface area (Å²) >= 11 is 1.28. The summed E-state index contributed by atoms with van der Waals surface area (Å²) in [4.78, 5) is 45.4. The van der Waals surface area contributed by atoms with Crippen LogP contribution in [-0.4, -0.2) is 67.9 Å². The predicted molar refractivity (Wildman–Crippen MR) is 139 cm³/mol. The second-order valence-electron chi connectivity index (χ2n) is 8.32. The largest absolute Gasteiger partial charge is 0.493 e. The van der Waals surface area contributed by atoms with Gasteiger partial charge in [-0.2, -0.15) is 0 Å². The van der Waals surface area contributed by atoms with Crippen molar-refractivity contribution >= 4 is 39.8 Å². The molecule has 1 N–H and O–H groups in total. The highest BCUT2D eigenvalue weighted by Gasteiger charge is 2.22. The van der Waals surface area contributed by atoms with Gasteiger partial charge in [0.25, 0.3) is 5.91 Å². The molecule has 1 aliphatic heterocycles. The lowest BCUT2D eigenvalue weighted by Crippen LogP contribution is -2.49. The van der Waals surface area contributed by atoms with Crippen LogP contribution < -0.4 is 19.7 Å². The highest BCUT2D eigenvalue weighted by molar-refractivity contribution is 7.14. The van der Waals surface area contributed by atoms with E-state index < -0.39 is 0 Å². The Bertz CT molecular complexity index is 1250. The second-order valence-corrected chi connectivity index (χ2v) is 9.17. The molecule has 9 nitrogen and oxygen atoms in total. The van der Waals surface area contributed by atoms with Gasteiger partial charge in [-0.1, -0.05) is 0 Å². The molecule has 0 spiro atoms. The number of benzene rings is 2. The van der Waals surface area contributed by atoms with Crippen molar-refractivity contribution < 1.29 is 23.9 Å². The number of hydrogen-bond donors (Lipinski definition) is 1. The maximum absolute atomic E-state index is 12.8. The summed E-state index contributed by atoms with van der Waals surface area (Å²) in [6, 6.07) is 12.5. The van der Waals surface area contributed by atoms with E-state index in [1.165, 1.54) is 25.6 Å². The van der Waals surface area contributed by atoms with Gasteiger partial charge in [0, 0.05) is 48.4 Å². The van der Waals surface area contributed by atoms with Gasteiger partial charge in [0.05, 0.1) is 26.3 Å². The first-order valence-electron chi connectivity index (χ1n) is 11.5. The zero-order valence-corrected chi connectivity index (χ0v) is 21.3. The van der Waals surface area contributed by atoms with Crippen molar-refractivity contribution in [2.24, 2.45) is 0 Å². The standard InChI is InChI=1S/C26H28N4O5S/c1-17(31)18-4-7-21(8-5-18)29-10-12-30(13-11-29)24(32)15-20-16-36-26(27-20)28-25(33)19-6-9-22(34-2)23(14-19)35-3/h4-9,14,16H,10-13,15H2,1-3H3,(H,27,28,33). The van der Waals surface area contributed by atoms with Crippen LogP contribution in [0.4, 0.5) is 10.8 Å². The third kappa shape index (κ3) is 5.83. The fourth-order valence-corrected chi connectivity index (χ4v) is 4.69. The molecule has 0 radical (unpaired) electrons. The number of carbonyl (C=O) groups is 3. The maximum atomic E-state index is 12.8. The van der Waals surface area contributed by atoms with E-state index in [1.807, 2.05) is 29.2 Å². The van der Waals surface area contributed by atoms with Crippen LogP contribution in [-0.2, 0) is 11.2 Å². The fraction of sp³-hybridized carbons (Fsp3) is 0.308. The summed E-state index contributed by atoms with van der Waals surface area (Å²) in [5.41, 5.74) is 2.76. The van der Waals surface area contributed by atoms with Crippen LogP contribution in [0.5, 0.6) is 11.5 Å². The smallest absolute Gasteiger partial charge is 0.257 e. The number of anilines is 2. The number of amides is 2. The van der Waals surface area contributed by atoms with E-state index in [0.717, 1.165) is 18.8 Å². The van der Waals surface area contributed by atoms with Crippen molar-refractivity contribution in [2.45, 2.75) is 13.3 Å². The molecule has 10 heteroatoms. The summed E-state index contributed by atoms with van der Waals surface area (Å²) < 4.78 is 10.5. The van der Waals surface area contributed by atoms with E-state index >= 15 is 0 Å². The van der Waals surface area contributed by atoms with Gasteiger partial charge in [-0.15, -0.1) is 11.3 Å². The lowest BCUT2D eigenvalue weighted by Gasteiger charge is -2.36. The van der Waals surface area contributed by atoms with Crippen LogP contribution >= 0.6 is 11.3 Å². The first-order chi connectivity index (χ1) is 17.4. The number of Topliss-reactive ketones (excluding diaryl/α,β-unsaturated/α-hetero) is 1. The average Bonchev–Trinajstić information content (AvgIpc) is 3.34. The third-order valence-corrected chi connectivity index (χ3v) is 6.83. The molecule has 1 fully saturated rings. The molecule has 2 heterocycles. The molecule has 4 rings (SSSR count). The van der Waals surface area contributed by atoms with E-state index in [1.54, 1.807) is 30.5 Å². The summed E-state index contributed by atoms with van der Waals surface area (Å²) in [5, 5.41) is 4.99. The number of hydrogen-bond acceptors (Lipinski definition) is 8. The summed E-state index contributed by atoms with van der Waals surface area (Å²) in [7, 11) is 3.04. The Morgan fingerprint density at radius 2 is 1.61 bits per heavy atom. The normalized spacial score (nSPS) is 13.3. The Labute approximate surface area is 213 Å². The molecule has 1 aliphatic rings. The number of thiazole rings is 1. The number of nitrogens with zero attached hydrogens (tertiary/aromatic N) is 3. The zero-order chi connectivity index (χ0) is 25.7. The summed E-state index contributed by atoms with van der Waals surface area (Å²) in [6.07, 6.45) is 0.177. The molecular weight excluding hydrogens is 480 g/mol. The van der Waals surface area contributed by atoms with E-state index in [2.05, 4.69) is 15.2 Å². The monoisotopic (exact) mass is 508 g/mol. The van der Waals surface area contributed by atoms with Gasteiger partial charge >= 0.3 is 0 Å². The van der Waals surface area contributed by atoms with E-state index in [4.69, 9.17) is 9.47 Å². The number of methoxy groups -OCH3 is 2. The Balaban J connectivity index is 1.29. The van der Waals surface area contributed by atoms with Crippen LogP contribution in [0.1, 0.15) is 33.3 Å². The molecule has 3 aromatic rings.